The SMILES string of the molecule is N#[N+]c1nc2ccccc2[nH]1.N#[N+]c1nc2ccccc2[nH]1.N#[N+]c1nc2ccccc2[nH]1.O=P([O-])([O-])[O-]. The highest BCUT2D eigenvalue weighted by Gasteiger charge is 2.12. The van der Waals surface area contributed by atoms with E-state index in [2.05, 4.69) is 44.8 Å². The van der Waals surface area contributed by atoms with Crippen LogP contribution in [0.1, 0.15) is 0 Å². The highest BCUT2D eigenvalue weighted by molar-refractivity contribution is 7.40. The summed E-state index contributed by atoms with van der Waals surface area (Å²) in [6.07, 6.45) is 0. The highest BCUT2D eigenvalue weighted by atomic mass is 31.2. The number of para-hydroxylation sites is 6. The van der Waals surface area contributed by atoms with Crippen LogP contribution in [0.4, 0.5) is 17.8 Å². The predicted molar refractivity (Wildman–Crippen MR) is 130 cm³/mol. The number of hydrogen-bond donors (Lipinski definition) is 3. The molecule has 0 aliphatic heterocycles. The molecule has 0 amide bonds. The van der Waals surface area contributed by atoms with E-state index < -0.39 is 7.82 Å². The van der Waals surface area contributed by atoms with E-state index in [9.17, 15) is 0 Å². The molecule has 3 heterocycles. The van der Waals surface area contributed by atoms with Crippen LogP contribution < -0.4 is 14.7 Å². The lowest BCUT2D eigenvalue weighted by Gasteiger charge is -2.36. The van der Waals surface area contributed by atoms with Gasteiger partial charge in [-0.2, -0.15) is 7.82 Å². The number of nitrogens with one attached hydrogen (secondary N) is 3. The Kier molecular flexibility index (Phi) is 8.83. The van der Waals surface area contributed by atoms with Gasteiger partial charge >= 0.3 is 17.8 Å². The molecular formula is C21H15N12O4P. The summed E-state index contributed by atoms with van der Waals surface area (Å²) in [7, 11) is -5.39. The molecular weight excluding hydrogens is 515 g/mol. The lowest BCUT2D eigenvalue weighted by Crippen LogP contribution is -2.24. The van der Waals surface area contributed by atoms with Crippen LogP contribution in [-0.4, -0.2) is 29.9 Å². The number of fused-ring (bicyclic) bond motifs is 3. The van der Waals surface area contributed by atoms with Crippen molar-refractivity contribution < 1.29 is 19.2 Å². The zero-order valence-corrected chi connectivity index (χ0v) is 19.9. The van der Waals surface area contributed by atoms with Crippen LogP contribution in [0.5, 0.6) is 0 Å². The molecule has 0 saturated carbocycles. The van der Waals surface area contributed by atoms with Crippen LogP contribution in [0.2, 0.25) is 0 Å². The van der Waals surface area contributed by atoms with E-state index in [0.29, 0.717) is 0 Å². The minimum atomic E-state index is -5.39. The van der Waals surface area contributed by atoms with Gasteiger partial charge in [-0.05, 0) is 51.3 Å². The van der Waals surface area contributed by atoms with Crippen LogP contribution in [0, 0.1) is 16.2 Å². The number of aromatic nitrogens is 6. The van der Waals surface area contributed by atoms with Crippen LogP contribution in [0.3, 0.4) is 0 Å². The molecule has 3 N–H and O–H groups in total. The molecule has 17 heteroatoms. The van der Waals surface area contributed by atoms with Crippen LogP contribution in [-0.2, 0) is 4.57 Å². The molecule has 0 aliphatic rings. The number of H-pyrrole nitrogens is 3. The summed E-state index contributed by atoms with van der Waals surface area (Å²) in [6, 6.07) is 22.5. The van der Waals surface area contributed by atoms with E-state index >= 15 is 0 Å². The number of nitrogens with zero attached hydrogens (tertiary/aromatic N) is 9. The maximum absolute atomic E-state index is 8.55. The van der Waals surface area contributed by atoms with Gasteiger partial charge < -0.3 is 19.2 Å². The molecule has 0 radical (unpaired) electrons. The van der Waals surface area contributed by atoms with Crippen molar-refractivity contribution in [1.29, 1.82) is 16.2 Å². The molecule has 0 aliphatic carbocycles. The second-order valence-corrected chi connectivity index (χ2v) is 7.87. The normalized spacial score (nSPS) is 10.0. The summed E-state index contributed by atoms with van der Waals surface area (Å²) in [5, 5.41) is 25.1. The maximum Gasteiger partial charge on any atom is 0.526 e. The largest absolute Gasteiger partial charge is 0.822 e. The second kappa shape index (κ2) is 12.4. The summed E-state index contributed by atoms with van der Waals surface area (Å²) >= 11 is 0. The van der Waals surface area contributed by atoms with Gasteiger partial charge in [0.25, 0.3) is 0 Å². The number of hydrogen-bond acceptors (Lipinski definition) is 10. The third-order valence-electron chi connectivity index (χ3n) is 4.41. The summed E-state index contributed by atoms with van der Waals surface area (Å²) in [6.45, 7) is 0. The van der Waals surface area contributed by atoms with Crippen molar-refractivity contribution in [1.82, 2.24) is 29.9 Å². The van der Waals surface area contributed by atoms with Crippen molar-refractivity contribution in [3.05, 3.63) is 87.7 Å². The first-order valence-corrected chi connectivity index (χ1v) is 11.8. The Morgan fingerprint density at radius 1 is 0.553 bits per heavy atom. The Morgan fingerprint density at radius 3 is 1.00 bits per heavy atom. The molecule has 188 valence electrons. The quantitative estimate of drug-likeness (QED) is 0.190. The summed E-state index contributed by atoms with van der Waals surface area (Å²) < 4.78 is 8.55. The average molecular weight is 530 g/mol. The first-order chi connectivity index (χ1) is 18.2. The topological polar surface area (TPSA) is 257 Å². The van der Waals surface area contributed by atoms with Gasteiger partial charge in [-0.1, -0.05) is 51.4 Å². The van der Waals surface area contributed by atoms with Crippen molar-refractivity contribution in [3.63, 3.8) is 0 Å². The van der Waals surface area contributed by atoms with E-state index in [1.54, 1.807) is 0 Å². The van der Waals surface area contributed by atoms with Crippen LogP contribution in [0.25, 0.3) is 48.0 Å². The van der Waals surface area contributed by atoms with E-state index in [0.717, 1.165) is 33.1 Å². The molecule has 0 spiro atoms. The van der Waals surface area contributed by atoms with Crippen molar-refractivity contribution in [2.45, 2.75) is 0 Å². The zero-order valence-electron chi connectivity index (χ0n) is 19.0. The first-order valence-electron chi connectivity index (χ1n) is 10.3. The van der Waals surface area contributed by atoms with Crippen molar-refractivity contribution in [3.8, 4) is 0 Å². The van der Waals surface area contributed by atoms with E-state index in [1.165, 1.54) is 0 Å². The van der Waals surface area contributed by atoms with Gasteiger partial charge in [0.2, 0.25) is 0 Å². The van der Waals surface area contributed by atoms with Crippen LogP contribution >= 0.6 is 7.82 Å². The molecule has 6 rings (SSSR count). The van der Waals surface area contributed by atoms with Crippen molar-refractivity contribution in [2.75, 3.05) is 0 Å². The van der Waals surface area contributed by atoms with Gasteiger partial charge in [0.05, 0.1) is 16.2 Å². The minimum Gasteiger partial charge on any atom is -0.822 e. The van der Waals surface area contributed by atoms with Gasteiger partial charge in [0.1, 0.15) is 16.6 Å². The summed E-state index contributed by atoms with van der Waals surface area (Å²) in [5.74, 6) is 0.726. The standard InChI is InChI=1S/3C7H5N4.H3O4P/c3*8-11-7-9-5-3-1-2-4-6(5)10-7;1-5(2,3)4/h3*1-4H,(H,9,10);(H3,1,2,3,4)/q3*+1;/p-3. The van der Waals surface area contributed by atoms with Gasteiger partial charge in [0, 0.05) is 0 Å². The van der Waals surface area contributed by atoms with E-state index in [4.69, 9.17) is 35.4 Å². The third kappa shape index (κ3) is 8.00. The molecule has 0 bridgehead atoms. The molecule has 0 saturated heterocycles. The van der Waals surface area contributed by atoms with Crippen molar-refractivity contribution in [2.24, 2.45) is 0 Å². The lowest BCUT2D eigenvalue weighted by atomic mass is 10.3. The van der Waals surface area contributed by atoms with Gasteiger partial charge in [-0.3, -0.25) is 0 Å². The Balaban J connectivity index is 0.000000145. The van der Waals surface area contributed by atoms with Gasteiger partial charge in [0.15, 0.2) is 16.6 Å². The fourth-order valence-electron chi connectivity index (χ4n) is 2.96. The summed E-state index contributed by atoms with van der Waals surface area (Å²) in [4.78, 5) is 54.8. The maximum atomic E-state index is 8.55. The Bertz CT molecular complexity index is 1540. The average Bonchev–Trinajstić information content (AvgIpc) is 3.63. The third-order valence-corrected chi connectivity index (χ3v) is 4.41. The number of rotatable bonds is 0. The smallest absolute Gasteiger partial charge is 0.526 e. The first kappa shape index (κ1) is 27.0. The predicted octanol–water partition coefficient (Wildman–Crippen LogP) is 3.32. The van der Waals surface area contributed by atoms with Crippen molar-refractivity contribution >= 4 is 58.8 Å². The number of imidazole rings is 3. The number of aromatic amines is 3. The molecule has 16 nitrogen and oxygen atoms in total. The molecule has 38 heavy (non-hydrogen) atoms. The monoisotopic (exact) mass is 530 g/mol. The molecule has 0 atom stereocenters. The number of benzene rings is 3. The van der Waals surface area contributed by atoms with Gasteiger partial charge in [-0.15, -0.1) is 0 Å². The van der Waals surface area contributed by atoms with Crippen LogP contribution in [0.15, 0.2) is 72.8 Å². The molecule has 0 fully saturated rings. The van der Waals surface area contributed by atoms with E-state index in [-0.39, 0.29) is 17.8 Å². The van der Waals surface area contributed by atoms with Gasteiger partial charge in [-0.25, -0.2) is 15.0 Å². The molecule has 3 aromatic carbocycles. The Morgan fingerprint density at radius 2 is 0.789 bits per heavy atom. The minimum absolute atomic E-state index is 0.242. The Labute approximate surface area is 212 Å². The fraction of sp³-hybridized carbons (Fsp3) is 0. The lowest BCUT2D eigenvalue weighted by molar-refractivity contribution is -0.432. The number of diazo groups is 3. The molecule has 6 aromatic rings. The molecule has 3 aromatic heterocycles. The summed E-state index contributed by atoms with van der Waals surface area (Å²) in [5.41, 5.74) is 5.04. The highest BCUT2D eigenvalue weighted by Crippen LogP contribution is 2.16. The fourth-order valence-corrected chi connectivity index (χ4v) is 2.96. The Hall–Kier alpha value is -5.56. The van der Waals surface area contributed by atoms with E-state index in [1.807, 2.05) is 72.8 Å². The number of phosphoric acid groups is 1. The zero-order chi connectivity index (χ0) is 27.5. The second-order valence-electron chi connectivity index (χ2n) is 6.98. The molecule has 0 unspecified atom stereocenters.